The monoisotopic (exact) mass is 215 g/mol. The normalized spacial score (nSPS) is 12.7. The summed E-state index contributed by atoms with van der Waals surface area (Å²) in [6, 6.07) is 4.07. The van der Waals surface area contributed by atoms with Crippen LogP contribution in [0.1, 0.15) is 5.56 Å². The van der Waals surface area contributed by atoms with Crippen molar-refractivity contribution >= 4 is 0 Å². The molecular formula is C10H14FNO3. The van der Waals surface area contributed by atoms with Crippen molar-refractivity contribution in [1.82, 2.24) is 5.32 Å². The maximum Gasteiger partial charge on any atom is 0.165 e. The number of phenolic OH excluding ortho intramolecular Hbond substituents is 1. The first-order valence-electron chi connectivity index (χ1n) is 4.60. The fourth-order valence-corrected chi connectivity index (χ4v) is 1.11. The van der Waals surface area contributed by atoms with Gasteiger partial charge in [0.05, 0.1) is 12.7 Å². The van der Waals surface area contributed by atoms with Crippen LogP contribution in [-0.2, 0) is 6.54 Å². The summed E-state index contributed by atoms with van der Waals surface area (Å²) in [5.41, 5.74) is 0.662. The second-order valence-electron chi connectivity index (χ2n) is 3.25. The fourth-order valence-electron chi connectivity index (χ4n) is 1.11. The van der Waals surface area contributed by atoms with E-state index in [0.29, 0.717) is 12.1 Å². The van der Waals surface area contributed by atoms with Gasteiger partial charge in [0.2, 0.25) is 0 Å². The van der Waals surface area contributed by atoms with E-state index in [-0.39, 0.29) is 18.9 Å². The van der Waals surface area contributed by atoms with Gasteiger partial charge in [-0.25, -0.2) is 4.39 Å². The summed E-state index contributed by atoms with van der Waals surface area (Å²) in [7, 11) is 0. The van der Waals surface area contributed by atoms with Crippen molar-refractivity contribution in [3.05, 3.63) is 29.6 Å². The van der Waals surface area contributed by atoms with Gasteiger partial charge in [0.15, 0.2) is 11.6 Å². The highest BCUT2D eigenvalue weighted by Gasteiger charge is 2.03. The zero-order chi connectivity index (χ0) is 11.3. The third-order valence-electron chi connectivity index (χ3n) is 1.93. The molecule has 0 bridgehead atoms. The standard InChI is InChI=1S/C10H14FNO3/c11-9-3-7(1-2-10(9)15)4-12-5-8(14)6-13/h1-3,8,12-15H,4-6H2/t8-/m1/s1. The molecule has 0 amide bonds. The summed E-state index contributed by atoms with van der Waals surface area (Å²) >= 11 is 0. The highest BCUT2D eigenvalue weighted by molar-refractivity contribution is 5.27. The van der Waals surface area contributed by atoms with E-state index < -0.39 is 11.9 Å². The van der Waals surface area contributed by atoms with E-state index >= 15 is 0 Å². The minimum Gasteiger partial charge on any atom is -0.505 e. The maximum absolute atomic E-state index is 12.9. The Hall–Kier alpha value is -1.17. The molecule has 1 aromatic rings. The predicted octanol–water partition coefficient (Wildman–Crippen LogP) is -0.0259. The van der Waals surface area contributed by atoms with Gasteiger partial charge in [-0.2, -0.15) is 0 Å². The second-order valence-corrected chi connectivity index (χ2v) is 3.25. The topological polar surface area (TPSA) is 72.7 Å². The van der Waals surface area contributed by atoms with Crippen molar-refractivity contribution in [2.45, 2.75) is 12.6 Å². The molecule has 1 aromatic carbocycles. The van der Waals surface area contributed by atoms with Crippen molar-refractivity contribution in [3.8, 4) is 5.75 Å². The first-order chi connectivity index (χ1) is 7.13. The summed E-state index contributed by atoms with van der Waals surface area (Å²) in [4.78, 5) is 0. The molecule has 1 atom stereocenters. The lowest BCUT2D eigenvalue weighted by atomic mass is 10.2. The molecule has 84 valence electrons. The summed E-state index contributed by atoms with van der Waals surface area (Å²) < 4.78 is 12.9. The molecule has 0 aliphatic carbocycles. The van der Waals surface area contributed by atoms with Gasteiger partial charge in [-0.1, -0.05) is 6.07 Å². The molecule has 5 heteroatoms. The van der Waals surface area contributed by atoms with Gasteiger partial charge in [0.1, 0.15) is 0 Å². The molecule has 0 aliphatic heterocycles. The number of hydrogen-bond acceptors (Lipinski definition) is 4. The number of phenols is 1. The molecule has 4 N–H and O–H groups in total. The summed E-state index contributed by atoms with van der Waals surface area (Å²) in [5, 5.41) is 29.3. The summed E-state index contributed by atoms with van der Waals surface area (Å²) in [5.74, 6) is -1.05. The third-order valence-corrected chi connectivity index (χ3v) is 1.93. The van der Waals surface area contributed by atoms with Crippen LogP contribution in [0.4, 0.5) is 4.39 Å². The van der Waals surface area contributed by atoms with Gasteiger partial charge in [-0.15, -0.1) is 0 Å². The first-order valence-corrected chi connectivity index (χ1v) is 4.60. The smallest absolute Gasteiger partial charge is 0.165 e. The van der Waals surface area contributed by atoms with Crippen molar-refractivity contribution < 1.29 is 19.7 Å². The number of aliphatic hydroxyl groups is 2. The molecule has 0 fully saturated rings. The van der Waals surface area contributed by atoms with E-state index in [2.05, 4.69) is 5.32 Å². The van der Waals surface area contributed by atoms with Crippen LogP contribution in [0.5, 0.6) is 5.75 Å². The Balaban J connectivity index is 2.41. The molecule has 0 aromatic heterocycles. The Morgan fingerprint density at radius 2 is 2.13 bits per heavy atom. The Morgan fingerprint density at radius 1 is 1.40 bits per heavy atom. The van der Waals surface area contributed by atoms with Crippen LogP contribution in [0.2, 0.25) is 0 Å². The van der Waals surface area contributed by atoms with Gasteiger partial charge >= 0.3 is 0 Å². The van der Waals surface area contributed by atoms with Crippen LogP contribution in [0, 0.1) is 5.82 Å². The first kappa shape index (κ1) is 11.9. The van der Waals surface area contributed by atoms with Crippen LogP contribution >= 0.6 is 0 Å². The van der Waals surface area contributed by atoms with Gasteiger partial charge in [-0.3, -0.25) is 0 Å². The lowest BCUT2D eigenvalue weighted by Gasteiger charge is -2.09. The van der Waals surface area contributed by atoms with E-state index in [1.54, 1.807) is 6.07 Å². The second kappa shape index (κ2) is 5.65. The molecular weight excluding hydrogens is 201 g/mol. The highest BCUT2D eigenvalue weighted by Crippen LogP contribution is 2.15. The molecule has 0 radical (unpaired) electrons. The maximum atomic E-state index is 12.9. The van der Waals surface area contributed by atoms with Gasteiger partial charge in [-0.05, 0) is 17.7 Å². The third kappa shape index (κ3) is 3.83. The SMILES string of the molecule is OC[C@H](O)CNCc1ccc(O)c(F)c1. The zero-order valence-electron chi connectivity index (χ0n) is 8.15. The molecule has 1 rings (SSSR count). The Kier molecular flexibility index (Phi) is 4.48. The van der Waals surface area contributed by atoms with E-state index in [9.17, 15) is 4.39 Å². The number of aromatic hydroxyl groups is 1. The predicted molar refractivity (Wildman–Crippen MR) is 52.9 cm³/mol. The van der Waals surface area contributed by atoms with Crippen LogP contribution in [0.25, 0.3) is 0 Å². The molecule has 0 heterocycles. The van der Waals surface area contributed by atoms with E-state index in [1.165, 1.54) is 12.1 Å². The van der Waals surface area contributed by atoms with Gasteiger partial charge in [0, 0.05) is 13.1 Å². The number of rotatable bonds is 5. The van der Waals surface area contributed by atoms with Crippen molar-refractivity contribution in [2.24, 2.45) is 0 Å². The minimum atomic E-state index is -0.813. The van der Waals surface area contributed by atoms with E-state index in [4.69, 9.17) is 15.3 Å². The Bertz CT molecular complexity index is 320. The number of benzene rings is 1. The molecule has 0 aliphatic rings. The summed E-state index contributed by atoms with van der Waals surface area (Å²) in [6.07, 6.45) is -0.813. The van der Waals surface area contributed by atoms with Crippen LogP contribution < -0.4 is 5.32 Å². The van der Waals surface area contributed by atoms with E-state index in [1.807, 2.05) is 0 Å². The summed E-state index contributed by atoms with van der Waals surface area (Å²) in [6.45, 7) is 0.296. The van der Waals surface area contributed by atoms with Crippen LogP contribution in [0.3, 0.4) is 0 Å². The van der Waals surface area contributed by atoms with Crippen molar-refractivity contribution in [1.29, 1.82) is 0 Å². The quantitative estimate of drug-likeness (QED) is 0.557. The number of aliphatic hydroxyl groups excluding tert-OH is 2. The zero-order valence-corrected chi connectivity index (χ0v) is 8.15. The van der Waals surface area contributed by atoms with Crippen LogP contribution in [0.15, 0.2) is 18.2 Å². The molecule has 15 heavy (non-hydrogen) atoms. The Morgan fingerprint density at radius 3 is 2.73 bits per heavy atom. The number of halogens is 1. The van der Waals surface area contributed by atoms with Gasteiger partial charge in [0.25, 0.3) is 0 Å². The fraction of sp³-hybridized carbons (Fsp3) is 0.400. The Labute approximate surface area is 87.0 Å². The molecule has 0 saturated heterocycles. The lowest BCUT2D eigenvalue weighted by molar-refractivity contribution is 0.0942. The largest absolute Gasteiger partial charge is 0.505 e. The number of hydrogen-bond donors (Lipinski definition) is 4. The van der Waals surface area contributed by atoms with Gasteiger partial charge < -0.3 is 20.6 Å². The molecule has 0 unspecified atom stereocenters. The van der Waals surface area contributed by atoms with Crippen molar-refractivity contribution in [2.75, 3.05) is 13.2 Å². The average molecular weight is 215 g/mol. The lowest BCUT2D eigenvalue weighted by Crippen LogP contribution is -2.28. The molecule has 0 saturated carbocycles. The average Bonchev–Trinajstić information content (AvgIpc) is 2.23. The van der Waals surface area contributed by atoms with E-state index in [0.717, 1.165) is 0 Å². The van der Waals surface area contributed by atoms with Crippen molar-refractivity contribution in [3.63, 3.8) is 0 Å². The van der Waals surface area contributed by atoms with Crippen LogP contribution in [-0.4, -0.2) is 34.6 Å². The highest BCUT2D eigenvalue weighted by atomic mass is 19.1. The number of nitrogens with one attached hydrogen (secondary N) is 1. The molecule has 4 nitrogen and oxygen atoms in total. The minimum absolute atomic E-state index is 0.235. The molecule has 0 spiro atoms.